The molecule has 0 aliphatic carbocycles. The molecule has 0 fully saturated rings. The van der Waals surface area contributed by atoms with Gasteiger partial charge in [0, 0.05) is 35.8 Å². The molecule has 1 amide bonds. The molecule has 274 valence electrons. The highest BCUT2D eigenvalue weighted by molar-refractivity contribution is 5.94. The number of nitrogens with zero attached hydrogens (tertiary/aromatic N) is 2. The lowest BCUT2D eigenvalue weighted by Gasteiger charge is -2.28. The monoisotopic (exact) mass is 720 g/mol. The zero-order chi connectivity index (χ0) is 37.9. The van der Waals surface area contributed by atoms with Crippen molar-refractivity contribution in [3.05, 3.63) is 112 Å². The molecule has 0 saturated heterocycles. The van der Waals surface area contributed by atoms with Gasteiger partial charge >= 0.3 is 18.5 Å². The SMILES string of the molecule is CCCC(c1ccc(C(=O)NCCC(=O)O)cc1)C(NC)c1ccc(OC(F)(F)F)cc1.Cc1cc(C=O)cc(C)c1-n1cc(C(F)(F)F)cn1. The van der Waals surface area contributed by atoms with Gasteiger partial charge in [-0.1, -0.05) is 37.6 Å². The minimum atomic E-state index is -4.74. The third-order valence-electron chi connectivity index (χ3n) is 7.80. The highest BCUT2D eigenvalue weighted by Gasteiger charge is 2.33. The largest absolute Gasteiger partial charge is 0.573 e. The van der Waals surface area contributed by atoms with Gasteiger partial charge in [0.2, 0.25) is 0 Å². The number of rotatable bonds is 13. The number of aryl methyl sites for hydroxylation is 2. The number of likely N-dealkylation sites (N-methyl/N-ethyl adjacent to an activating group) is 1. The fourth-order valence-electron chi connectivity index (χ4n) is 5.59. The maximum absolute atomic E-state index is 12.5. The van der Waals surface area contributed by atoms with Crippen LogP contribution in [-0.2, 0) is 11.0 Å². The Bertz CT molecular complexity index is 1750. The third-order valence-corrected chi connectivity index (χ3v) is 7.80. The molecule has 0 aliphatic heterocycles. The molecule has 2 unspecified atom stereocenters. The van der Waals surface area contributed by atoms with Crippen LogP contribution in [-0.4, -0.2) is 53.0 Å². The molecule has 0 aliphatic rings. The van der Waals surface area contributed by atoms with E-state index in [0.717, 1.165) is 36.4 Å². The number of carboxylic acids is 1. The van der Waals surface area contributed by atoms with Gasteiger partial charge in [0.15, 0.2) is 0 Å². The van der Waals surface area contributed by atoms with Crippen molar-refractivity contribution in [2.45, 2.75) is 64.5 Å². The molecular weight excluding hydrogens is 682 g/mol. The first-order chi connectivity index (χ1) is 24.0. The Morgan fingerprint density at radius 3 is 2.02 bits per heavy atom. The fourth-order valence-corrected chi connectivity index (χ4v) is 5.59. The topological polar surface area (TPSA) is 123 Å². The van der Waals surface area contributed by atoms with Crippen LogP contribution >= 0.6 is 0 Å². The number of carbonyl (C=O) groups is 3. The summed E-state index contributed by atoms with van der Waals surface area (Å²) >= 11 is 0. The number of carbonyl (C=O) groups excluding carboxylic acids is 2. The number of hydrogen-bond acceptors (Lipinski definition) is 6. The van der Waals surface area contributed by atoms with Gasteiger partial charge in [0.25, 0.3) is 5.91 Å². The number of nitrogens with one attached hydrogen (secondary N) is 2. The molecule has 3 N–H and O–H groups in total. The number of alkyl halides is 6. The lowest BCUT2D eigenvalue weighted by atomic mass is 9.83. The van der Waals surface area contributed by atoms with Crippen LogP contribution in [0.3, 0.4) is 0 Å². The Kier molecular flexibility index (Phi) is 13.9. The minimum absolute atomic E-state index is 0.0171. The summed E-state index contributed by atoms with van der Waals surface area (Å²) in [5.41, 5.74) is 3.84. The Labute approximate surface area is 290 Å². The molecule has 9 nitrogen and oxygen atoms in total. The van der Waals surface area contributed by atoms with Gasteiger partial charge in [-0.3, -0.25) is 14.4 Å². The number of hydrogen-bond donors (Lipinski definition) is 3. The Balaban J connectivity index is 0.000000313. The summed E-state index contributed by atoms with van der Waals surface area (Å²) in [7, 11) is 1.79. The molecular formula is C36H38F6N4O5. The number of amides is 1. The summed E-state index contributed by atoms with van der Waals surface area (Å²) in [6.07, 6.45) is -5.18. The summed E-state index contributed by atoms with van der Waals surface area (Å²) in [4.78, 5) is 33.5. The number of aldehydes is 1. The van der Waals surface area contributed by atoms with Gasteiger partial charge < -0.3 is 20.5 Å². The zero-order valence-electron chi connectivity index (χ0n) is 28.2. The van der Waals surface area contributed by atoms with Crippen molar-refractivity contribution in [3.8, 4) is 11.4 Å². The fraction of sp³-hybridized carbons (Fsp3) is 0.333. The second-order valence-corrected chi connectivity index (χ2v) is 11.6. The number of aromatic nitrogens is 2. The molecule has 0 spiro atoms. The molecule has 4 rings (SSSR count). The lowest BCUT2D eigenvalue weighted by molar-refractivity contribution is -0.274. The van der Waals surface area contributed by atoms with Crippen molar-refractivity contribution in [2.24, 2.45) is 0 Å². The van der Waals surface area contributed by atoms with E-state index in [0.29, 0.717) is 34.2 Å². The van der Waals surface area contributed by atoms with E-state index in [1.165, 1.54) is 16.8 Å². The highest BCUT2D eigenvalue weighted by Crippen LogP contribution is 2.36. The van der Waals surface area contributed by atoms with Crippen molar-refractivity contribution in [2.75, 3.05) is 13.6 Å². The number of benzene rings is 3. The normalized spacial score (nSPS) is 12.7. The third kappa shape index (κ3) is 11.7. The van der Waals surface area contributed by atoms with Gasteiger partial charge in [0.1, 0.15) is 12.0 Å². The molecule has 0 saturated carbocycles. The van der Waals surface area contributed by atoms with E-state index in [-0.39, 0.29) is 36.6 Å². The molecule has 4 aromatic rings. The first-order valence-electron chi connectivity index (χ1n) is 15.8. The van der Waals surface area contributed by atoms with Gasteiger partial charge in [-0.25, -0.2) is 4.68 Å². The van der Waals surface area contributed by atoms with Crippen LogP contribution in [0.4, 0.5) is 26.3 Å². The first-order valence-corrected chi connectivity index (χ1v) is 15.8. The summed E-state index contributed by atoms with van der Waals surface area (Å²) in [6.45, 7) is 5.54. The van der Waals surface area contributed by atoms with E-state index in [2.05, 4.69) is 20.5 Å². The second-order valence-electron chi connectivity index (χ2n) is 11.6. The molecule has 1 heterocycles. The average Bonchev–Trinajstić information content (AvgIpc) is 3.55. The Morgan fingerprint density at radius 2 is 1.55 bits per heavy atom. The van der Waals surface area contributed by atoms with Crippen molar-refractivity contribution < 1.29 is 50.6 Å². The maximum Gasteiger partial charge on any atom is 0.573 e. The predicted molar refractivity (Wildman–Crippen MR) is 177 cm³/mol. The van der Waals surface area contributed by atoms with Crippen LogP contribution in [0.2, 0.25) is 0 Å². The molecule has 0 bridgehead atoms. The maximum atomic E-state index is 12.5. The van der Waals surface area contributed by atoms with Gasteiger partial charge in [0.05, 0.1) is 23.9 Å². The summed E-state index contributed by atoms with van der Waals surface area (Å²) < 4.78 is 80.0. The van der Waals surface area contributed by atoms with Crippen molar-refractivity contribution in [1.29, 1.82) is 0 Å². The number of aliphatic carboxylic acids is 1. The van der Waals surface area contributed by atoms with E-state index in [9.17, 15) is 40.7 Å². The van der Waals surface area contributed by atoms with Crippen molar-refractivity contribution >= 4 is 18.2 Å². The van der Waals surface area contributed by atoms with Gasteiger partial charge in [-0.2, -0.15) is 18.3 Å². The first kappa shape index (κ1) is 40.3. The molecule has 1 aromatic heterocycles. The predicted octanol–water partition coefficient (Wildman–Crippen LogP) is 7.95. The lowest BCUT2D eigenvalue weighted by Crippen LogP contribution is -2.26. The molecule has 0 radical (unpaired) electrons. The summed E-state index contributed by atoms with van der Waals surface area (Å²) in [5.74, 6) is -1.60. The smallest absolute Gasteiger partial charge is 0.481 e. The van der Waals surface area contributed by atoms with Gasteiger partial charge in [-0.05, 0) is 86.0 Å². The van der Waals surface area contributed by atoms with Crippen molar-refractivity contribution in [3.63, 3.8) is 0 Å². The van der Waals surface area contributed by atoms with Crippen LogP contribution in [0.5, 0.6) is 5.75 Å². The molecule has 15 heteroatoms. The van der Waals surface area contributed by atoms with Crippen molar-refractivity contribution in [1.82, 2.24) is 20.4 Å². The van der Waals surface area contributed by atoms with Crippen LogP contribution in [0.1, 0.15) is 86.7 Å². The van der Waals surface area contributed by atoms with E-state index < -0.39 is 24.1 Å². The average molecular weight is 721 g/mol. The Morgan fingerprint density at radius 1 is 0.961 bits per heavy atom. The summed E-state index contributed by atoms with van der Waals surface area (Å²) in [5, 5.41) is 18.2. The molecule has 2 atom stereocenters. The molecule has 3 aromatic carbocycles. The summed E-state index contributed by atoms with van der Waals surface area (Å²) in [6, 6.07) is 15.9. The standard InChI is InChI=1S/C23H27F3N2O4.C13H11F3N2O/c1-3-4-19(15-5-7-17(8-6-15)22(31)28-14-13-20(29)30)21(27-2)16-9-11-18(12-10-16)32-23(24,25)26;1-8-3-10(7-19)4-9(2)12(8)18-6-11(5-17-18)13(14,15)16/h5-12,19,21,27H,3-4,13-14H2,1-2H3,(H,28,31)(H,29,30);3-7H,1-2H3. The number of ether oxygens (including phenoxy) is 1. The van der Waals surface area contributed by atoms with E-state index in [1.807, 2.05) is 19.1 Å². The zero-order valence-corrected chi connectivity index (χ0v) is 28.2. The van der Waals surface area contributed by atoms with E-state index in [4.69, 9.17) is 5.11 Å². The number of halogens is 6. The minimum Gasteiger partial charge on any atom is -0.481 e. The number of carboxylic acid groups (broad SMARTS) is 1. The van der Waals surface area contributed by atoms with Gasteiger partial charge in [-0.15, -0.1) is 13.2 Å². The van der Waals surface area contributed by atoms with Crippen LogP contribution in [0, 0.1) is 13.8 Å². The quantitative estimate of drug-likeness (QED) is 0.0947. The van der Waals surface area contributed by atoms with Crippen LogP contribution in [0.15, 0.2) is 73.1 Å². The van der Waals surface area contributed by atoms with Crippen LogP contribution < -0.4 is 15.4 Å². The van der Waals surface area contributed by atoms with E-state index in [1.54, 1.807) is 57.3 Å². The van der Waals surface area contributed by atoms with E-state index >= 15 is 0 Å². The second kappa shape index (κ2) is 17.7. The molecule has 51 heavy (non-hydrogen) atoms. The highest BCUT2D eigenvalue weighted by atomic mass is 19.4. The Hall–Kier alpha value is -5.18. The van der Waals surface area contributed by atoms with Crippen LogP contribution in [0.25, 0.3) is 5.69 Å².